The lowest BCUT2D eigenvalue weighted by atomic mass is 10.4. The minimum absolute atomic E-state index is 0.251. The summed E-state index contributed by atoms with van der Waals surface area (Å²) in [5.74, 6) is -0.251. The summed E-state index contributed by atoms with van der Waals surface area (Å²) in [5.41, 5.74) is 0. The molecule has 0 heterocycles. The Bertz CT molecular complexity index is 117. The van der Waals surface area contributed by atoms with Crippen LogP contribution < -0.4 is 0 Å². The first-order valence-corrected chi connectivity index (χ1v) is 5.16. The van der Waals surface area contributed by atoms with Gasteiger partial charge in [-0.15, -0.1) is 0 Å². The third-order valence-corrected chi connectivity index (χ3v) is 1.77. The average molecular weight is 239 g/mol. The highest BCUT2D eigenvalue weighted by atomic mass is 79.9. The van der Waals surface area contributed by atoms with Gasteiger partial charge in [-0.3, -0.25) is 4.79 Å². The van der Waals surface area contributed by atoms with Gasteiger partial charge < -0.3 is 9.47 Å². The molecule has 0 atom stereocenters. The Morgan fingerprint density at radius 3 is 2.58 bits per heavy atom. The van der Waals surface area contributed by atoms with Crippen molar-refractivity contribution >= 4 is 21.9 Å². The standard InChI is InChI=1S/C8H15BrO3/c1-8(10)12-7-6-11-5-3-2-4-9/h2-7H2,1H3. The Kier molecular flexibility index (Phi) is 8.93. The van der Waals surface area contributed by atoms with Crippen molar-refractivity contribution in [2.45, 2.75) is 19.8 Å². The molecule has 0 aliphatic heterocycles. The second kappa shape index (κ2) is 9.00. The van der Waals surface area contributed by atoms with Gasteiger partial charge in [0.2, 0.25) is 0 Å². The molecule has 0 aromatic carbocycles. The predicted octanol–water partition coefficient (Wildman–Crippen LogP) is 1.74. The van der Waals surface area contributed by atoms with Gasteiger partial charge in [0.15, 0.2) is 0 Å². The van der Waals surface area contributed by atoms with E-state index in [0.29, 0.717) is 13.2 Å². The molecule has 0 aliphatic carbocycles. The highest BCUT2D eigenvalue weighted by Crippen LogP contribution is 1.93. The summed E-state index contributed by atoms with van der Waals surface area (Å²) >= 11 is 3.33. The molecule has 0 amide bonds. The molecule has 0 unspecified atom stereocenters. The van der Waals surface area contributed by atoms with E-state index < -0.39 is 0 Å². The van der Waals surface area contributed by atoms with Crippen LogP contribution in [0.5, 0.6) is 0 Å². The topological polar surface area (TPSA) is 35.5 Å². The van der Waals surface area contributed by atoms with Crippen LogP contribution in [0.2, 0.25) is 0 Å². The average Bonchev–Trinajstić information content (AvgIpc) is 2.02. The molecule has 0 fully saturated rings. The molecular weight excluding hydrogens is 224 g/mol. The number of hydrogen-bond acceptors (Lipinski definition) is 3. The Balaban J connectivity index is 2.86. The quantitative estimate of drug-likeness (QED) is 0.385. The molecule has 0 bridgehead atoms. The zero-order valence-corrected chi connectivity index (χ0v) is 8.93. The smallest absolute Gasteiger partial charge is 0.302 e. The minimum Gasteiger partial charge on any atom is -0.463 e. The molecule has 0 rings (SSSR count). The number of halogens is 1. The van der Waals surface area contributed by atoms with Crippen LogP contribution in [-0.2, 0) is 14.3 Å². The van der Waals surface area contributed by atoms with Gasteiger partial charge >= 0.3 is 5.97 Å². The number of carbonyl (C=O) groups excluding carboxylic acids is 1. The van der Waals surface area contributed by atoms with Gasteiger partial charge in [0.05, 0.1) is 6.61 Å². The van der Waals surface area contributed by atoms with Crippen LogP contribution in [0.25, 0.3) is 0 Å². The van der Waals surface area contributed by atoms with E-state index in [9.17, 15) is 4.79 Å². The van der Waals surface area contributed by atoms with E-state index in [2.05, 4.69) is 20.7 Å². The van der Waals surface area contributed by atoms with Gasteiger partial charge in [0.25, 0.3) is 0 Å². The Morgan fingerprint density at radius 1 is 1.25 bits per heavy atom. The molecule has 0 aromatic rings. The second-order valence-corrected chi connectivity index (χ2v) is 3.14. The highest BCUT2D eigenvalue weighted by molar-refractivity contribution is 9.09. The van der Waals surface area contributed by atoms with E-state index in [4.69, 9.17) is 4.74 Å². The predicted molar refractivity (Wildman–Crippen MR) is 50.5 cm³/mol. The minimum atomic E-state index is -0.251. The summed E-state index contributed by atoms with van der Waals surface area (Å²) in [6.45, 7) is 3.00. The zero-order valence-electron chi connectivity index (χ0n) is 7.35. The maximum atomic E-state index is 10.3. The van der Waals surface area contributed by atoms with Gasteiger partial charge in [-0.1, -0.05) is 15.9 Å². The first kappa shape index (κ1) is 11.9. The van der Waals surface area contributed by atoms with Crippen LogP contribution in [0.4, 0.5) is 0 Å². The number of ether oxygens (including phenoxy) is 2. The zero-order chi connectivity index (χ0) is 9.23. The number of alkyl halides is 1. The molecule has 0 saturated carbocycles. The van der Waals surface area contributed by atoms with Gasteiger partial charge in [0, 0.05) is 18.9 Å². The number of hydrogen-bond donors (Lipinski definition) is 0. The molecule has 0 spiro atoms. The fraction of sp³-hybridized carbons (Fsp3) is 0.875. The summed E-state index contributed by atoms with van der Waals surface area (Å²) in [7, 11) is 0. The number of carbonyl (C=O) groups is 1. The summed E-state index contributed by atoms with van der Waals surface area (Å²) in [5, 5.41) is 1.01. The second-order valence-electron chi connectivity index (χ2n) is 2.35. The van der Waals surface area contributed by atoms with E-state index in [1.165, 1.54) is 6.92 Å². The Labute approximate surface area is 81.6 Å². The lowest BCUT2D eigenvalue weighted by Crippen LogP contribution is -2.08. The van der Waals surface area contributed by atoms with Crippen LogP contribution in [0, 0.1) is 0 Å². The van der Waals surface area contributed by atoms with Crippen molar-refractivity contribution in [3.63, 3.8) is 0 Å². The maximum Gasteiger partial charge on any atom is 0.302 e. The molecule has 0 radical (unpaired) electrons. The van der Waals surface area contributed by atoms with Crippen LogP contribution in [0.1, 0.15) is 19.8 Å². The van der Waals surface area contributed by atoms with Gasteiger partial charge in [-0.2, -0.15) is 0 Å². The monoisotopic (exact) mass is 238 g/mol. The molecular formula is C8H15BrO3. The number of esters is 1. The first-order valence-electron chi connectivity index (χ1n) is 4.04. The molecule has 72 valence electrons. The fourth-order valence-electron chi connectivity index (χ4n) is 0.645. The van der Waals surface area contributed by atoms with Crippen molar-refractivity contribution in [1.29, 1.82) is 0 Å². The molecule has 3 nitrogen and oxygen atoms in total. The Morgan fingerprint density at radius 2 is 2.00 bits per heavy atom. The van der Waals surface area contributed by atoms with E-state index in [1.807, 2.05) is 0 Å². The van der Waals surface area contributed by atoms with E-state index in [1.54, 1.807) is 0 Å². The number of rotatable bonds is 7. The van der Waals surface area contributed by atoms with Crippen molar-refractivity contribution in [2.75, 3.05) is 25.2 Å². The summed E-state index contributed by atoms with van der Waals surface area (Å²) in [6, 6.07) is 0. The van der Waals surface area contributed by atoms with E-state index >= 15 is 0 Å². The van der Waals surface area contributed by atoms with Gasteiger partial charge in [-0.25, -0.2) is 0 Å². The SMILES string of the molecule is CC(=O)OCCOCCCCBr. The lowest BCUT2D eigenvalue weighted by Gasteiger charge is -2.03. The summed E-state index contributed by atoms with van der Waals surface area (Å²) in [6.07, 6.45) is 2.17. The van der Waals surface area contributed by atoms with Crippen molar-refractivity contribution < 1.29 is 14.3 Å². The normalized spacial score (nSPS) is 9.83. The third kappa shape index (κ3) is 9.91. The molecule has 0 N–H and O–H groups in total. The Hall–Kier alpha value is -0.0900. The van der Waals surface area contributed by atoms with Crippen LogP contribution in [-0.4, -0.2) is 31.1 Å². The van der Waals surface area contributed by atoms with Crippen molar-refractivity contribution in [1.82, 2.24) is 0 Å². The largest absolute Gasteiger partial charge is 0.463 e. The molecule has 0 aliphatic rings. The van der Waals surface area contributed by atoms with Gasteiger partial charge in [0.1, 0.15) is 6.61 Å². The molecule has 0 aromatic heterocycles. The first-order chi connectivity index (χ1) is 5.77. The molecule has 12 heavy (non-hydrogen) atoms. The van der Waals surface area contributed by atoms with Crippen LogP contribution in [0.3, 0.4) is 0 Å². The lowest BCUT2D eigenvalue weighted by molar-refractivity contribution is -0.142. The molecule has 4 heteroatoms. The summed E-state index contributed by atoms with van der Waals surface area (Å²) in [4.78, 5) is 10.3. The van der Waals surface area contributed by atoms with E-state index in [-0.39, 0.29) is 5.97 Å². The number of unbranched alkanes of at least 4 members (excludes halogenated alkanes) is 1. The van der Waals surface area contributed by atoms with Crippen LogP contribution in [0.15, 0.2) is 0 Å². The highest BCUT2D eigenvalue weighted by Gasteiger charge is 1.92. The van der Waals surface area contributed by atoms with Crippen molar-refractivity contribution in [3.8, 4) is 0 Å². The van der Waals surface area contributed by atoms with Crippen molar-refractivity contribution in [2.24, 2.45) is 0 Å². The molecule has 0 saturated heterocycles. The maximum absolute atomic E-state index is 10.3. The summed E-state index contributed by atoms with van der Waals surface area (Å²) < 4.78 is 9.86. The fourth-order valence-corrected chi connectivity index (χ4v) is 1.04. The van der Waals surface area contributed by atoms with Crippen LogP contribution >= 0.6 is 15.9 Å². The van der Waals surface area contributed by atoms with E-state index in [0.717, 1.165) is 24.8 Å². The van der Waals surface area contributed by atoms with Crippen molar-refractivity contribution in [3.05, 3.63) is 0 Å². The van der Waals surface area contributed by atoms with Gasteiger partial charge in [-0.05, 0) is 12.8 Å². The third-order valence-electron chi connectivity index (χ3n) is 1.21.